The number of benzene rings is 1. The van der Waals surface area contributed by atoms with Crippen LogP contribution in [0.4, 0.5) is 4.39 Å². The summed E-state index contributed by atoms with van der Waals surface area (Å²) in [5, 5.41) is 4.19. The molecule has 0 amide bonds. The first-order chi connectivity index (χ1) is 8.24. The average Bonchev–Trinajstić information content (AvgIpc) is 2.72. The van der Waals surface area contributed by atoms with Crippen LogP contribution >= 0.6 is 22.6 Å². The van der Waals surface area contributed by atoms with Crippen molar-refractivity contribution >= 4 is 28.2 Å². The summed E-state index contributed by atoms with van der Waals surface area (Å²) in [5.74, 6) is -0.239. The highest BCUT2D eigenvalue weighted by Crippen LogP contribution is 2.20. The summed E-state index contributed by atoms with van der Waals surface area (Å²) in [5.41, 5.74) is 2.67. The van der Waals surface area contributed by atoms with Crippen molar-refractivity contribution in [1.29, 1.82) is 0 Å². The van der Waals surface area contributed by atoms with E-state index in [9.17, 15) is 4.39 Å². The van der Waals surface area contributed by atoms with Gasteiger partial charge in [0.2, 0.25) is 0 Å². The van der Waals surface area contributed by atoms with Gasteiger partial charge in [-0.1, -0.05) is 12.1 Å². The summed E-state index contributed by atoms with van der Waals surface area (Å²) in [7, 11) is 0. The summed E-state index contributed by atoms with van der Waals surface area (Å²) in [4.78, 5) is 4.34. The maximum atomic E-state index is 12.8. The van der Waals surface area contributed by atoms with Crippen LogP contribution in [-0.4, -0.2) is 14.6 Å². The Hall–Kier alpha value is -1.50. The molecule has 17 heavy (non-hydrogen) atoms. The maximum absolute atomic E-state index is 12.8. The molecule has 0 bridgehead atoms. The first kappa shape index (κ1) is 10.6. The second-order valence-electron chi connectivity index (χ2n) is 3.61. The Balaban J connectivity index is 2.14. The number of aromatic nitrogens is 3. The lowest BCUT2D eigenvalue weighted by atomic mass is 10.1. The fourth-order valence-electron chi connectivity index (χ4n) is 1.64. The van der Waals surface area contributed by atoms with Gasteiger partial charge in [-0.2, -0.15) is 5.10 Å². The molecule has 1 aromatic carbocycles. The number of hydrogen-bond donors (Lipinski definition) is 0. The number of hydrogen-bond acceptors (Lipinski definition) is 2. The first-order valence-corrected chi connectivity index (χ1v) is 6.07. The maximum Gasteiger partial charge on any atom is 0.168 e. The third-order valence-electron chi connectivity index (χ3n) is 2.49. The van der Waals surface area contributed by atoms with Crippen molar-refractivity contribution in [3.8, 4) is 11.1 Å². The van der Waals surface area contributed by atoms with E-state index in [2.05, 4.69) is 32.7 Å². The summed E-state index contributed by atoms with van der Waals surface area (Å²) < 4.78 is 15.6. The Kier molecular flexibility index (Phi) is 2.54. The van der Waals surface area contributed by atoms with Gasteiger partial charge in [-0.15, -0.1) is 0 Å². The van der Waals surface area contributed by atoms with Crippen LogP contribution < -0.4 is 0 Å². The lowest BCUT2D eigenvalue weighted by molar-refractivity contribution is 0.628. The quantitative estimate of drug-likeness (QED) is 0.638. The SMILES string of the molecule is Fc1ccc(-c2cnc3c(I)cnn3c2)cc1. The van der Waals surface area contributed by atoms with Gasteiger partial charge in [0.25, 0.3) is 0 Å². The van der Waals surface area contributed by atoms with Gasteiger partial charge >= 0.3 is 0 Å². The smallest absolute Gasteiger partial charge is 0.168 e. The van der Waals surface area contributed by atoms with Gasteiger partial charge in [0.1, 0.15) is 5.82 Å². The highest BCUT2D eigenvalue weighted by Gasteiger charge is 2.04. The fraction of sp³-hybridized carbons (Fsp3) is 0. The molecule has 0 saturated carbocycles. The molecule has 0 unspecified atom stereocenters. The molecule has 5 heteroatoms. The minimum Gasteiger partial charge on any atom is -0.235 e. The molecule has 0 saturated heterocycles. The van der Waals surface area contributed by atoms with Crippen molar-refractivity contribution < 1.29 is 4.39 Å². The summed E-state index contributed by atoms with van der Waals surface area (Å²) >= 11 is 2.19. The Morgan fingerprint density at radius 3 is 2.59 bits per heavy atom. The molecule has 2 aromatic heterocycles. The van der Waals surface area contributed by atoms with E-state index < -0.39 is 0 Å². The van der Waals surface area contributed by atoms with Crippen LogP contribution in [0, 0.1) is 9.39 Å². The minimum atomic E-state index is -0.239. The molecule has 0 spiro atoms. The molecule has 0 radical (unpaired) electrons. The van der Waals surface area contributed by atoms with Crippen LogP contribution in [0.3, 0.4) is 0 Å². The molecule has 0 aliphatic carbocycles. The standard InChI is InChI=1S/C12H7FIN3/c13-10-3-1-8(2-4-10)9-5-15-12-11(14)6-16-17(12)7-9/h1-7H. The number of nitrogens with zero attached hydrogens (tertiary/aromatic N) is 3. The Morgan fingerprint density at radius 1 is 1.06 bits per heavy atom. The molecule has 0 N–H and O–H groups in total. The first-order valence-electron chi connectivity index (χ1n) is 4.99. The summed E-state index contributed by atoms with van der Waals surface area (Å²) in [6.07, 6.45) is 5.42. The Bertz CT molecular complexity index is 676. The molecule has 0 aliphatic rings. The van der Waals surface area contributed by atoms with Gasteiger partial charge in [-0.05, 0) is 40.3 Å². The van der Waals surface area contributed by atoms with Crippen LogP contribution in [-0.2, 0) is 0 Å². The zero-order valence-corrected chi connectivity index (χ0v) is 10.8. The molecule has 0 atom stereocenters. The van der Waals surface area contributed by atoms with Gasteiger partial charge in [0.05, 0.1) is 9.77 Å². The molecule has 0 fully saturated rings. The lowest BCUT2D eigenvalue weighted by Gasteiger charge is -2.01. The van der Waals surface area contributed by atoms with E-state index in [1.807, 2.05) is 6.20 Å². The zero-order valence-electron chi connectivity index (χ0n) is 8.64. The van der Waals surface area contributed by atoms with E-state index in [1.165, 1.54) is 12.1 Å². The Labute approximate surface area is 110 Å². The van der Waals surface area contributed by atoms with Gasteiger partial charge in [-0.3, -0.25) is 0 Å². The van der Waals surface area contributed by atoms with Crippen molar-refractivity contribution in [2.45, 2.75) is 0 Å². The third kappa shape index (κ3) is 1.90. The lowest BCUT2D eigenvalue weighted by Crippen LogP contribution is -1.91. The van der Waals surface area contributed by atoms with Crippen LogP contribution in [0.15, 0.2) is 42.9 Å². The minimum absolute atomic E-state index is 0.239. The van der Waals surface area contributed by atoms with Crippen molar-refractivity contribution in [1.82, 2.24) is 14.6 Å². The van der Waals surface area contributed by atoms with Crippen molar-refractivity contribution in [3.05, 3.63) is 52.2 Å². The van der Waals surface area contributed by atoms with Crippen LogP contribution in [0.2, 0.25) is 0 Å². The van der Waals surface area contributed by atoms with Gasteiger partial charge < -0.3 is 0 Å². The zero-order chi connectivity index (χ0) is 11.8. The van der Waals surface area contributed by atoms with Gasteiger partial charge in [0, 0.05) is 18.0 Å². The van der Waals surface area contributed by atoms with E-state index >= 15 is 0 Å². The summed E-state index contributed by atoms with van der Waals surface area (Å²) in [6, 6.07) is 6.33. The third-order valence-corrected chi connectivity index (χ3v) is 3.25. The normalized spacial score (nSPS) is 10.9. The molecule has 2 heterocycles. The van der Waals surface area contributed by atoms with Crippen molar-refractivity contribution in [2.75, 3.05) is 0 Å². The molecule has 84 valence electrons. The predicted molar refractivity (Wildman–Crippen MR) is 71.1 cm³/mol. The van der Waals surface area contributed by atoms with E-state index in [4.69, 9.17) is 0 Å². The number of fused-ring (bicyclic) bond motifs is 1. The van der Waals surface area contributed by atoms with Crippen LogP contribution in [0.1, 0.15) is 0 Å². The second-order valence-corrected chi connectivity index (χ2v) is 4.77. The molecule has 0 aliphatic heterocycles. The van der Waals surface area contributed by atoms with E-state index in [0.29, 0.717) is 0 Å². The fourth-order valence-corrected chi connectivity index (χ4v) is 2.15. The average molecular weight is 339 g/mol. The van der Waals surface area contributed by atoms with Crippen LogP contribution in [0.5, 0.6) is 0 Å². The number of halogens is 2. The largest absolute Gasteiger partial charge is 0.235 e. The highest BCUT2D eigenvalue weighted by molar-refractivity contribution is 14.1. The van der Waals surface area contributed by atoms with E-state index in [0.717, 1.165) is 20.3 Å². The predicted octanol–water partition coefficient (Wildman–Crippen LogP) is 3.14. The molecular weight excluding hydrogens is 332 g/mol. The van der Waals surface area contributed by atoms with Crippen LogP contribution in [0.25, 0.3) is 16.8 Å². The van der Waals surface area contributed by atoms with Crippen molar-refractivity contribution in [3.63, 3.8) is 0 Å². The second kappa shape index (κ2) is 4.06. The molecule has 3 nitrogen and oxygen atoms in total. The molecular formula is C12H7FIN3. The molecule has 3 rings (SSSR count). The molecule has 3 aromatic rings. The highest BCUT2D eigenvalue weighted by atomic mass is 127. The van der Waals surface area contributed by atoms with E-state index in [1.54, 1.807) is 29.0 Å². The Morgan fingerprint density at radius 2 is 1.82 bits per heavy atom. The van der Waals surface area contributed by atoms with Gasteiger partial charge in [0.15, 0.2) is 5.65 Å². The van der Waals surface area contributed by atoms with Gasteiger partial charge in [-0.25, -0.2) is 13.9 Å². The monoisotopic (exact) mass is 339 g/mol. The topological polar surface area (TPSA) is 30.2 Å². The van der Waals surface area contributed by atoms with E-state index in [-0.39, 0.29) is 5.82 Å². The number of rotatable bonds is 1. The van der Waals surface area contributed by atoms with Crippen molar-refractivity contribution in [2.24, 2.45) is 0 Å². The summed E-state index contributed by atoms with van der Waals surface area (Å²) in [6.45, 7) is 0.